The summed E-state index contributed by atoms with van der Waals surface area (Å²) in [4.78, 5) is 24.7. The zero-order valence-electron chi connectivity index (χ0n) is 12.2. The second-order valence-corrected chi connectivity index (χ2v) is 6.90. The summed E-state index contributed by atoms with van der Waals surface area (Å²) in [5, 5.41) is 0. The van der Waals surface area contributed by atoms with Crippen LogP contribution >= 0.6 is 0 Å². The lowest BCUT2D eigenvalue weighted by Gasteiger charge is -2.26. The number of likely N-dealkylation sites (N-methyl/N-ethyl adjacent to an activating group) is 1. The number of amides is 1. The summed E-state index contributed by atoms with van der Waals surface area (Å²) in [6, 6.07) is -0.693. The topological polar surface area (TPSA) is 84.0 Å². The highest BCUT2D eigenvalue weighted by Gasteiger charge is 2.39. The van der Waals surface area contributed by atoms with Crippen LogP contribution in [0.25, 0.3) is 0 Å². The van der Waals surface area contributed by atoms with Crippen molar-refractivity contribution >= 4 is 21.9 Å². The van der Waals surface area contributed by atoms with Gasteiger partial charge in [0.15, 0.2) is 0 Å². The van der Waals surface area contributed by atoms with Crippen molar-refractivity contribution in [3.05, 3.63) is 0 Å². The number of hydrogen-bond acceptors (Lipinski definition) is 5. The maximum absolute atomic E-state index is 12.3. The molecule has 0 radical (unpaired) electrons. The van der Waals surface area contributed by atoms with Gasteiger partial charge in [0.2, 0.25) is 15.9 Å². The first kappa shape index (κ1) is 16.9. The zero-order chi connectivity index (χ0) is 15.3. The van der Waals surface area contributed by atoms with E-state index in [9.17, 15) is 18.0 Å². The molecule has 0 aliphatic carbocycles. The molecule has 1 unspecified atom stereocenters. The van der Waals surface area contributed by atoms with Crippen molar-refractivity contribution in [1.29, 1.82) is 0 Å². The molecule has 1 aliphatic heterocycles. The molecule has 1 amide bonds. The molecule has 0 aromatic rings. The van der Waals surface area contributed by atoms with E-state index in [1.807, 2.05) is 0 Å². The quantitative estimate of drug-likeness (QED) is 0.636. The summed E-state index contributed by atoms with van der Waals surface area (Å²) in [6.07, 6.45) is 1.66. The Morgan fingerprint density at radius 1 is 1.40 bits per heavy atom. The van der Waals surface area contributed by atoms with Crippen LogP contribution in [0.2, 0.25) is 0 Å². The van der Waals surface area contributed by atoms with Crippen molar-refractivity contribution in [1.82, 2.24) is 9.21 Å². The van der Waals surface area contributed by atoms with Crippen LogP contribution in [0, 0.1) is 0 Å². The Balaban J connectivity index is 2.79. The van der Waals surface area contributed by atoms with Crippen LogP contribution in [0.5, 0.6) is 0 Å². The van der Waals surface area contributed by atoms with Crippen molar-refractivity contribution in [2.75, 3.05) is 33.0 Å². The summed E-state index contributed by atoms with van der Waals surface area (Å²) in [6.45, 7) is 1.98. The number of ether oxygens (including phenoxy) is 1. The molecule has 1 rings (SSSR count). The van der Waals surface area contributed by atoms with Gasteiger partial charge >= 0.3 is 5.97 Å². The van der Waals surface area contributed by atoms with Crippen LogP contribution in [0.4, 0.5) is 0 Å². The van der Waals surface area contributed by atoms with Gasteiger partial charge in [-0.3, -0.25) is 9.59 Å². The van der Waals surface area contributed by atoms with Gasteiger partial charge in [-0.15, -0.1) is 0 Å². The molecule has 0 saturated carbocycles. The van der Waals surface area contributed by atoms with E-state index in [1.54, 1.807) is 6.92 Å². The van der Waals surface area contributed by atoms with E-state index in [0.717, 1.165) is 0 Å². The van der Waals surface area contributed by atoms with E-state index in [-0.39, 0.29) is 18.2 Å². The van der Waals surface area contributed by atoms with Crippen LogP contribution in [0.1, 0.15) is 26.2 Å². The summed E-state index contributed by atoms with van der Waals surface area (Å²) in [7, 11) is -0.683. The van der Waals surface area contributed by atoms with Gasteiger partial charge in [-0.2, -0.15) is 4.31 Å². The second-order valence-electron chi connectivity index (χ2n) is 4.86. The van der Waals surface area contributed by atoms with Crippen LogP contribution in [0.3, 0.4) is 0 Å². The molecule has 116 valence electrons. The third-order valence-corrected chi connectivity index (χ3v) is 5.35. The lowest BCUT2D eigenvalue weighted by atomic mass is 10.2. The molecule has 20 heavy (non-hydrogen) atoms. The Morgan fingerprint density at radius 2 is 2.05 bits per heavy atom. The van der Waals surface area contributed by atoms with Crippen LogP contribution in [-0.4, -0.2) is 68.5 Å². The monoisotopic (exact) mass is 306 g/mol. The number of methoxy groups -OCH3 is 1. The Labute approximate surface area is 119 Å². The molecule has 7 nitrogen and oxygen atoms in total. The van der Waals surface area contributed by atoms with Crippen molar-refractivity contribution in [3.63, 3.8) is 0 Å². The van der Waals surface area contributed by atoms with Crippen LogP contribution in [0.15, 0.2) is 0 Å². The summed E-state index contributed by atoms with van der Waals surface area (Å²) >= 11 is 0. The van der Waals surface area contributed by atoms with Gasteiger partial charge in [-0.1, -0.05) is 6.92 Å². The SMILES string of the molecule is CCCS(=O)(=O)N1CCCC1C(=O)N(C)CC(=O)OC. The first-order valence-corrected chi connectivity index (χ1v) is 8.25. The highest BCUT2D eigenvalue weighted by Crippen LogP contribution is 2.23. The first-order chi connectivity index (χ1) is 9.33. The first-order valence-electron chi connectivity index (χ1n) is 6.64. The zero-order valence-corrected chi connectivity index (χ0v) is 13.0. The third-order valence-electron chi connectivity index (χ3n) is 3.28. The smallest absolute Gasteiger partial charge is 0.325 e. The lowest BCUT2D eigenvalue weighted by Crippen LogP contribution is -2.48. The van der Waals surface area contributed by atoms with E-state index >= 15 is 0 Å². The Morgan fingerprint density at radius 3 is 2.60 bits per heavy atom. The number of nitrogens with zero attached hydrogens (tertiary/aromatic N) is 2. The van der Waals surface area contributed by atoms with E-state index in [1.165, 1.54) is 23.4 Å². The summed E-state index contributed by atoms with van der Waals surface area (Å²) in [5.74, 6) is -0.841. The number of esters is 1. The minimum atomic E-state index is -3.40. The van der Waals surface area contributed by atoms with Crippen molar-refractivity contribution in [2.24, 2.45) is 0 Å². The van der Waals surface area contributed by atoms with E-state index in [2.05, 4.69) is 4.74 Å². The van der Waals surface area contributed by atoms with Gasteiger partial charge in [-0.05, 0) is 19.3 Å². The Hall–Kier alpha value is -1.15. The van der Waals surface area contributed by atoms with Crippen molar-refractivity contribution in [2.45, 2.75) is 32.2 Å². The molecule has 0 aromatic carbocycles. The van der Waals surface area contributed by atoms with E-state index in [0.29, 0.717) is 25.8 Å². The third kappa shape index (κ3) is 3.92. The molecule has 1 atom stereocenters. The Kier molecular flexibility index (Phi) is 5.94. The predicted octanol–water partition coefficient (Wildman–Crippen LogP) is -0.178. The minimum absolute atomic E-state index is 0.0392. The highest BCUT2D eigenvalue weighted by molar-refractivity contribution is 7.89. The molecular formula is C12H22N2O5S. The second kappa shape index (κ2) is 7.03. The molecule has 0 N–H and O–H groups in total. The van der Waals surface area contributed by atoms with E-state index in [4.69, 9.17) is 0 Å². The van der Waals surface area contributed by atoms with Gasteiger partial charge in [0.1, 0.15) is 12.6 Å². The molecule has 0 aromatic heterocycles. The number of hydrogen-bond donors (Lipinski definition) is 0. The normalized spacial score (nSPS) is 19.9. The van der Waals surface area contributed by atoms with Gasteiger partial charge in [0.05, 0.1) is 12.9 Å². The van der Waals surface area contributed by atoms with E-state index < -0.39 is 22.0 Å². The molecule has 1 heterocycles. The van der Waals surface area contributed by atoms with Gasteiger partial charge in [0.25, 0.3) is 0 Å². The maximum atomic E-state index is 12.3. The standard InChI is InChI=1S/C12H22N2O5S/c1-4-8-20(17,18)14-7-5-6-10(14)12(16)13(2)9-11(15)19-3/h10H,4-9H2,1-3H3. The number of carbonyl (C=O) groups excluding carboxylic acids is 2. The Bertz CT molecular complexity index is 462. The molecule has 8 heteroatoms. The van der Waals surface area contributed by atoms with Crippen molar-refractivity contribution in [3.8, 4) is 0 Å². The summed E-state index contributed by atoms with van der Waals surface area (Å²) in [5.41, 5.74) is 0. The molecule has 0 spiro atoms. The average Bonchev–Trinajstić information content (AvgIpc) is 2.87. The average molecular weight is 306 g/mol. The molecule has 0 bridgehead atoms. The fourth-order valence-electron chi connectivity index (χ4n) is 2.29. The van der Waals surface area contributed by atoms with Gasteiger partial charge in [-0.25, -0.2) is 8.42 Å². The van der Waals surface area contributed by atoms with Gasteiger partial charge < -0.3 is 9.64 Å². The largest absolute Gasteiger partial charge is 0.468 e. The maximum Gasteiger partial charge on any atom is 0.325 e. The predicted molar refractivity (Wildman–Crippen MR) is 73.5 cm³/mol. The number of sulfonamides is 1. The number of rotatable bonds is 6. The van der Waals surface area contributed by atoms with Crippen LogP contribution < -0.4 is 0 Å². The molecular weight excluding hydrogens is 284 g/mol. The van der Waals surface area contributed by atoms with Crippen molar-refractivity contribution < 1.29 is 22.7 Å². The lowest BCUT2D eigenvalue weighted by molar-refractivity contribution is -0.147. The fourth-order valence-corrected chi connectivity index (χ4v) is 4.03. The number of carbonyl (C=O) groups is 2. The van der Waals surface area contributed by atoms with Crippen LogP contribution in [-0.2, 0) is 24.3 Å². The minimum Gasteiger partial charge on any atom is -0.468 e. The summed E-state index contributed by atoms with van der Waals surface area (Å²) < 4.78 is 30.0. The molecule has 1 saturated heterocycles. The molecule has 1 fully saturated rings. The van der Waals surface area contributed by atoms with Gasteiger partial charge in [0, 0.05) is 13.6 Å². The highest BCUT2D eigenvalue weighted by atomic mass is 32.2. The molecule has 1 aliphatic rings. The fraction of sp³-hybridized carbons (Fsp3) is 0.833.